The number of benzene rings is 1. The van der Waals surface area contributed by atoms with Crippen LogP contribution in [-0.2, 0) is 4.79 Å². The minimum atomic E-state index is -0.401. The zero-order valence-corrected chi connectivity index (χ0v) is 13.7. The van der Waals surface area contributed by atoms with Gasteiger partial charge in [0.25, 0.3) is 5.56 Å². The molecule has 118 valence electrons. The molecule has 0 aliphatic carbocycles. The normalized spacial score (nSPS) is 16.6. The molecule has 7 heteroatoms. The summed E-state index contributed by atoms with van der Waals surface area (Å²) in [4.78, 5) is 31.7. The molecule has 2 aromatic rings. The number of H-pyrrole nitrogens is 1. The van der Waals surface area contributed by atoms with Crippen LogP contribution in [0.3, 0.4) is 0 Å². The Hall–Kier alpha value is -2.05. The van der Waals surface area contributed by atoms with Gasteiger partial charge in [0.05, 0.1) is 5.56 Å². The van der Waals surface area contributed by atoms with Crippen molar-refractivity contribution in [2.24, 2.45) is 0 Å². The zero-order valence-electron chi connectivity index (χ0n) is 12.1. The highest BCUT2D eigenvalue weighted by molar-refractivity contribution is 7.99. The molecule has 1 aromatic carbocycles. The van der Waals surface area contributed by atoms with Gasteiger partial charge in [-0.2, -0.15) is 0 Å². The van der Waals surface area contributed by atoms with Crippen molar-refractivity contribution in [1.82, 2.24) is 9.97 Å². The largest absolute Gasteiger partial charge is 0.310 e. The first-order valence-electron chi connectivity index (χ1n) is 7.02. The van der Waals surface area contributed by atoms with E-state index in [0.29, 0.717) is 27.3 Å². The second-order valence-corrected chi connectivity index (χ2v) is 6.48. The minimum absolute atomic E-state index is 0.167. The molecule has 1 aliphatic rings. The molecule has 0 bridgehead atoms. The van der Waals surface area contributed by atoms with Gasteiger partial charge in [0.2, 0.25) is 5.91 Å². The Balaban J connectivity index is 2.11. The summed E-state index contributed by atoms with van der Waals surface area (Å²) in [5.74, 6) is 0.340. The molecule has 1 atom stereocenters. The SMILES string of the molecule is C=CCSc1nc2c(c(=O)[nH]1)C(c1ccccc1Cl)CC(=O)N2. The van der Waals surface area contributed by atoms with Crippen LogP contribution in [0, 0.1) is 0 Å². The van der Waals surface area contributed by atoms with Crippen molar-refractivity contribution >= 4 is 35.1 Å². The molecule has 0 saturated heterocycles. The number of halogens is 1. The van der Waals surface area contributed by atoms with Gasteiger partial charge >= 0.3 is 0 Å². The highest BCUT2D eigenvalue weighted by Crippen LogP contribution is 2.37. The number of thioether (sulfide) groups is 1. The second-order valence-electron chi connectivity index (χ2n) is 5.06. The Bertz CT molecular complexity index is 834. The van der Waals surface area contributed by atoms with E-state index in [1.165, 1.54) is 11.8 Å². The molecule has 0 fully saturated rings. The van der Waals surface area contributed by atoms with E-state index in [0.717, 1.165) is 5.56 Å². The van der Waals surface area contributed by atoms with Crippen LogP contribution in [0.2, 0.25) is 5.02 Å². The van der Waals surface area contributed by atoms with Crippen molar-refractivity contribution < 1.29 is 4.79 Å². The molecule has 0 spiro atoms. The van der Waals surface area contributed by atoms with Crippen molar-refractivity contribution in [3.63, 3.8) is 0 Å². The fourth-order valence-electron chi connectivity index (χ4n) is 2.58. The van der Waals surface area contributed by atoms with Crippen molar-refractivity contribution in [3.05, 3.63) is 63.4 Å². The summed E-state index contributed by atoms with van der Waals surface area (Å²) in [7, 11) is 0. The van der Waals surface area contributed by atoms with Crippen molar-refractivity contribution in [1.29, 1.82) is 0 Å². The standard InChI is InChI=1S/C16H14ClN3O2S/c1-2-7-23-16-19-14-13(15(22)20-16)10(8-12(21)18-14)9-5-3-4-6-11(9)17/h2-6,10H,1,7-8H2,(H2,18,19,20,21,22). The van der Waals surface area contributed by atoms with E-state index in [9.17, 15) is 9.59 Å². The number of rotatable bonds is 4. The summed E-state index contributed by atoms with van der Waals surface area (Å²) in [6.45, 7) is 3.63. The number of amides is 1. The van der Waals surface area contributed by atoms with Crippen LogP contribution in [0.15, 0.2) is 46.9 Å². The first-order valence-corrected chi connectivity index (χ1v) is 8.38. The third kappa shape index (κ3) is 3.18. The number of carbonyl (C=O) groups excluding carboxylic acids is 1. The fourth-order valence-corrected chi connectivity index (χ4v) is 3.44. The van der Waals surface area contributed by atoms with Gasteiger partial charge in [0, 0.05) is 23.1 Å². The Morgan fingerprint density at radius 1 is 1.39 bits per heavy atom. The maximum Gasteiger partial charge on any atom is 0.257 e. The molecule has 2 heterocycles. The van der Waals surface area contributed by atoms with Gasteiger partial charge in [0.1, 0.15) is 5.82 Å². The van der Waals surface area contributed by atoms with E-state index in [1.54, 1.807) is 12.1 Å². The van der Waals surface area contributed by atoms with Crippen LogP contribution < -0.4 is 10.9 Å². The molecule has 1 unspecified atom stereocenters. The number of anilines is 1. The topological polar surface area (TPSA) is 74.8 Å². The van der Waals surface area contributed by atoms with Crippen LogP contribution in [0.4, 0.5) is 5.82 Å². The molecule has 1 aliphatic heterocycles. The third-order valence-corrected chi connectivity index (χ3v) is 4.76. The molecule has 23 heavy (non-hydrogen) atoms. The first-order chi connectivity index (χ1) is 11.1. The average molecular weight is 348 g/mol. The van der Waals surface area contributed by atoms with Crippen LogP contribution in [-0.4, -0.2) is 21.6 Å². The Labute approximate surface area is 142 Å². The van der Waals surface area contributed by atoms with Crippen molar-refractivity contribution in [2.45, 2.75) is 17.5 Å². The molecule has 1 amide bonds. The van der Waals surface area contributed by atoms with Gasteiger partial charge in [-0.15, -0.1) is 6.58 Å². The van der Waals surface area contributed by atoms with Crippen LogP contribution >= 0.6 is 23.4 Å². The van der Waals surface area contributed by atoms with E-state index in [2.05, 4.69) is 21.9 Å². The zero-order chi connectivity index (χ0) is 16.4. The quantitative estimate of drug-likeness (QED) is 0.506. The number of nitrogens with one attached hydrogen (secondary N) is 2. The molecular formula is C16H14ClN3O2S. The number of aromatic nitrogens is 2. The molecule has 5 nitrogen and oxygen atoms in total. The van der Waals surface area contributed by atoms with E-state index in [4.69, 9.17) is 11.6 Å². The van der Waals surface area contributed by atoms with Gasteiger partial charge in [-0.3, -0.25) is 9.59 Å². The number of hydrogen-bond acceptors (Lipinski definition) is 4. The lowest BCUT2D eigenvalue weighted by atomic mass is 9.87. The van der Waals surface area contributed by atoms with Crippen LogP contribution in [0.1, 0.15) is 23.5 Å². The average Bonchev–Trinajstić information content (AvgIpc) is 2.52. The lowest BCUT2D eigenvalue weighted by Gasteiger charge is -2.25. The predicted molar refractivity (Wildman–Crippen MR) is 92.3 cm³/mol. The summed E-state index contributed by atoms with van der Waals surface area (Å²) >= 11 is 7.59. The molecule has 0 saturated carbocycles. The molecule has 2 N–H and O–H groups in total. The Morgan fingerprint density at radius 2 is 2.17 bits per heavy atom. The maximum atomic E-state index is 12.5. The van der Waals surface area contributed by atoms with E-state index < -0.39 is 5.92 Å². The third-order valence-electron chi connectivity index (χ3n) is 3.55. The van der Waals surface area contributed by atoms with E-state index in [1.807, 2.05) is 18.2 Å². The lowest BCUT2D eigenvalue weighted by molar-refractivity contribution is -0.116. The summed E-state index contributed by atoms with van der Waals surface area (Å²) in [6, 6.07) is 7.23. The van der Waals surface area contributed by atoms with E-state index >= 15 is 0 Å². The van der Waals surface area contributed by atoms with Gasteiger partial charge in [0.15, 0.2) is 5.16 Å². The number of hydrogen-bond donors (Lipinski definition) is 2. The van der Waals surface area contributed by atoms with Gasteiger partial charge in [-0.05, 0) is 11.6 Å². The Morgan fingerprint density at radius 3 is 2.91 bits per heavy atom. The molecule has 1 aromatic heterocycles. The fraction of sp³-hybridized carbons (Fsp3) is 0.188. The molecule has 3 rings (SSSR count). The predicted octanol–water partition coefficient (Wildman–Crippen LogP) is 3.18. The first kappa shape index (κ1) is 15.8. The smallest absolute Gasteiger partial charge is 0.257 e. The minimum Gasteiger partial charge on any atom is -0.310 e. The van der Waals surface area contributed by atoms with Crippen LogP contribution in [0.25, 0.3) is 0 Å². The number of aromatic amines is 1. The number of fused-ring (bicyclic) bond motifs is 1. The number of carbonyl (C=O) groups is 1. The van der Waals surface area contributed by atoms with Gasteiger partial charge in [-0.1, -0.05) is 47.6 Å². The highest BCUT2D eigenvalue weighted by atomic mass is 35.5. The van der Waals surface area contributed by atoms with E-state index in [-0.39, 0.29) is 17.9 Å². The summed E-state index contributed by atoms with van der Waals surface area (Å²) in [5, 5.41) is 3.67. The molecular weight excluding hydrogens is 334 g/mol. The monoisotopic (exact) mass is 347 g/mol. The second kappa shape index (κ2) is 6.60. The summed E-state index contributed by atoms with van der Waals surface area (Å²) in [5.41, 5.74) is 0.941. The Kier molecular flexibility index (Phi) is 4.54. The number of nitrogens with zero attached hydrogens (tertiary/aromatic N) is 1. The molecule has 0 radical (unpaired) electrons. The summed E-state index contributed by atoms with van der Waals surface area (Å²) < 4.78 is 0. The van der Waals surface area contributed by atoms with Crippen LogP contribution in [0.5, 0.6) is 0 Å². The van der Waals surface area contributed by atoms with Gasteiger partial charge < -0.3 is 10.3 Å². The lowest BCUT2D eigenvalue weighted by Crippen LogP contribution is -2.31. The van der Waals surface area contributed by atoms with Gasteiger partial charge in [-0.25, -0.2) is 4.98 Å². The maximum absolute atomic E-state index is 12.5. The highest BCUT2D eigenvalue weighted by Gasteiger charge is 2.31. The van der Waals surface area contributed by atoms with Crippen molar-refractivity contribution in [3.8, 4) is 0 Å². The van der Waals surface area contributed by atoms with Crippen molar-refractivity contribution in [2.75, 3.05) is 11.1 Å². The summed E-state index contributed by atoms with van der Waals surface area (Å²) in [6.07, 6.45) is 1.88.